The van der Waals surface area contributed by atoms with Gasteiger partial charge in [-0.2, -0.15) is 0 Å². The van der Waals surface area contributed by atoms with Gasteiger partial charge in [0.25, 0.3) is 5.91 Å². The van der Waals surface area contributed by atoms with E-state index < -0.39 is 0 Å². The molecule has 6 heteroatoms. The maximum Gasteiger partial charge on any atom is 0.251 e. The van der Waals surface area contributed by atoms with Crippen molar-refractivity contribution in [3.8, 4) is 5.75 Å². The summed E-state index contributed by atoms with van der Waals surface area (Å²) >= 11 is 0. The molecule has 0 saturated heterocycles. The van der Waals surface area contributed by atoms with Crippen LogP contribution in [0.25, 0.3) is 0 Å². The Morgan fingerprint density at radius 3 is 2.38 bits per heavy atom. The van der Waals surface area contributed by atoms with Crippen LogP contribution in [0.2, 0.25) is 0 Å². The Labute approximate surface area is 153 Å². The van der Waals surface area contributed by atoms with Gasteiger partial charge in [-0.1, -0.05) is 30.3 Å². The molecular formula is C20H24N2O4. The number of carbonyl (C=O) groups excluding carboxylic acids is 2. The second kappa shape index (κ2) is 10.9. The van der Waals surface area contributed by atoms with Crippen LogP contribution in [-0.4, -0.2) is 36.7 Å². The fourth-order valence-corrected chi connectivity index (χ4v) is 2.22. The third-order valence-corrected chi connectivity index (χ3v) is 3.67. The van der Waals surface area contributed by atoms with Crippen LogP contribution in [0.4, 0.5) is 0 Å². The second-order valence-electron chi connectivity index (χ2n) is 5.72. The van der Waals surface area contributed by atoms with Gasteiger partial charge in [-0.15, -0.1) is 0 Å². The normalized spacial score (nSPS) is 10.2. The summed E-state index contributed by atoms with van der Waals surface area (Å²) in [7, 11) is 0. The van der Waals surface area contributed by atoms with Crippen molar-refractivity contribution in [1.29, 1.82) is 0 Å². The van der Waals surface area contributed by atoms with Crippen LogP contribution in [0.3, 0.4) is 0 Å². The molecule has 3 N–H and O–H groups in total. The molecule has 0 aromatic heterocycles. The maximum atomic E-state index is 11.9. The van der Waals surface area contributed by atoms with Crippen LogP contribution >= 0.6 is 0 Å². The third kappa shape index (κ3) is 6.94. The number of hydrogen-bond acceptors (Lipinski definition) is 4. The Morgan fingerprint density at radius 1 is 0.962 bits per heavy atom. The fraction of sp³-hybridized carbons (Fsp3) is 0.300. The molecule has 0 unspecified atom stereocenters. The topological polar surface area (TPSA) is 87.7 Å². The predicted molar refractivity (Wildman–Crippen MR) is 98.9 cm³/mol. The first kappa shape index (κ1) is 19.5. The summed E-state index contributed by atoms with van der Waals surface area (Å²) in [5.41, 5.74) is 1.46. The van der Waals surface area contributed by atoms with E-state index in [0.29, 0.717) is 31.7 Å². The van der Waals surface area contributed by atoms with Crippen molar-refractivity contribution >= 4 is 11.8 Å². The first-order chi connectivity index (χ1) is 12.7. The van der Waals surface area contributed by atoms with Crippen LogP contribution in [0, 0.1) is 0 Å². The van der Waals surface area contributed by atoms with Crippen LogP contribution in [0.5, 0.6) is 5.75 Å². The molecule has 0 atom stereocenters. The number of para-hydroxylation sites is 1. The van der Waals surface area contributed by atoms with E-state index in [1.54, 1.807) is 12.1 Å². The molecule has 138 valence electrons. The molecule has 2 aromatic carbocycles. The Hall–Kier alpha value is -2.86. The van der Waals surface area contributed by atoms with Crippen molar-refractivity contribution in [3.63, 3.8) is 0 Å². The number of aliphatic hydroxyl groups excluding tert-OH is 1. The summed E-state index contributed by atoms with van der Waals surface area (Å²) in [6.07, 6.45) is 0.810. The molecule has 0 bridgehead atoms. The van der Waals surface area contributed by atoms with Gasteiger partial charge in [-0.05, 0) is 36.2 Å². The van der Waals surface area contributed by atoms with Gasteiger partial charge in [-0.3, -0.25) is 9.59 Å². The standard InChI is InChI=1S/C20H24N2O4/c23-13-4-12-21-20(25)17-9-7-16(8-10-17)15-22-19(24)11-14-26-18-5-2-1-3-6-18/h1-3,5-10,23H,4,11-15H2,(H,21,25)(H,22,24). The quantitative estimate of drug-likeness (QED) is 0.567. The zero-order chi connectivity index (χ0) is 18.6. The van der Waals surface area contributed by atoms with Crippen LogP contribution in [0.15, 0.2) is 54.6 Å². The molecule has 0 heterocycles. The van der Waals surface area contributed by atoms with Crippen LogP contribution in [0.1, 0.15) is 28.8 Å². The number of nitrogens with one attached hydrogen (secondary N) is 2. The summed E-state index contributed by atoms with van der Waals surface area (Å²) in [5.74, 6) is 0.479. The van der Waals surface area contributed by atoms with Crippen molar-refractivity contribution in [1.82, 2.24) is 10.6 Å². The highest BCUT2D eigenvalue weighted by atomic mass is 16.5. The number of rotatable bonds is 10. The molecule has 0 aliphatic carbocycles. The van der Waals surface area contributed by atoms with E-state index in [1.807, 2.05) is 42.5 Å². The summed E-state index contributed by atoms with van der Waals surface area (Å²) in [4.78, 5) is 23.7. The summed E-state index contributed by atoms with van der Waals surface area (Å²) in [6.45, 7) is 1.22. The van der Waals surface area contributed by atoms with Gasteiger partial charge in [0.05, 0.1) is 13.0 Å². The van der Waals surface area contributed by atoms with Crippen molar-refractivity contribution in [3.05, 3.63) is 65.7 Å². The number of aliphatic hydroxyl groups is 1. The molecule has 2 rings (SSSR count). The Morgan fingerprint density at radius 2 is 1.69 bits per heavy atom. The van der Waals surface area contributed by atoms with Crippen molar-refractivity contribution in [2.75, 3.05) is 19.8 Å². The Balaban J connectivity index is 1.68. The van der Waals surface area contributed by atoms with Gasteiger partial charge < -0.3 is 20.5 Å². The average Bonchev–Trinajstić information content (AvgIpc) is 2.68. The molecule has 0 fully saturated rings. The molecule has 0 spiro atoms. The molecule has 2 amide bonds. The number of carbonyl (C=O) groups is 2. The van der Waals surface area contributed by atoms with Crippen molar-refractivity contribution < 1.29 is 19.4 Å². The molecule has 0 aliphatic heterocycles. The van der Waals surface area contributed by atoms with Gasteiger partial charge in [0.1, 0.15) is 5.75 Å². The number of ether oxygens (including phenoxy) is 1. The van der Waals surface area contributed by atoms with E-state index in [1.165, 1.54) is 0 Å². The van der Waals surface area contributed by atoms with E-state index >= 15 is 0 Å². The highest BCUT2D eigenvalue weighted by Crippen LogP contribution is 2.08. The second-order valence-corrected chi connectivity index (χ2v) is 5.72. The lowest BCUT2D eigenvalue weighted by Crippen LogP contribution is -2.25. The van der Waals surface area contributed by atoms with Crippen molar-refractivity contribution in [2.24, 2.45) is 0 Å². The SMILES string of the molecule is O=C(CCOc1ccccc1)NCc1ccc(C(=O)NCCCO)cc1. The molecule has 2 aromatic rings. The lowest BCUT2D eigenvalue weighted by molar-refractivity contribution is -0.121. The molecular weight excluding hydrogens is 332 g/mol. The van der Waals surface area contributed by atoms with E-state index in [-0.39, 0.29) is 24.8 Å². The van der Waals surface area contributed by atoms with Crippen LogP contribution < -0.4 is 15.4 Å². The van der Waals surface area contributed by atoms with Gasteiger partial charge in [-0.25, -0.2) is 0 Å². The number of benzene rings is 2. The van der Waals surface area contributed by atoms with Gasteiger partial charge >= 0.3 is 0 Å². The van der Waals surface area contributed by atoms with E-state index in [4.69, 9.17) is 9.84 Å². The molecule has 0 saturated carbocycles. The molecule has 0 aliphatic rings. The minimum atomic E-state index is -0.174. The largest absolute Gasteiger partial charge is 0.493 e. The zero-order valence-electron chi connectivity index (χ0n) is 14.6. The highest BCUT2D eigenvalue weighted by Gasteiger charge is 2.06. The van der Waals surface area contributed by atoms with Gasteiger partial charge in [0, 0.05) is 25.3 Å². The van der Waals surface area contributed by atoms with Crippen molar-refractivity contribution in [2.45, 2.75) is 19.4 Å². The minimum Gasteiger partial charge on any atom is -0.493 e. The highest BCUT2D eigenvalue weighted by molar-refractivity contribution is 5.94. The van der Waals surface area contributed by atoms with Gasteiger partial charge in [0.15, 0.2) is 0 Å². The van der Waals surface area contributed by atoms with E-state index in [2.05, 4.69) is 10.6 Å². The smallest absolute Gasteiger partial charge is 0.251 e. The minimum absolute atomic E-state index is 0.0509. The Bertz CT molecular complexity index is 687. The average molecular weight is 356 g/mol. The number of amides is 2. The third-order valence-electron chi connectivity index (χ3n) is 3.67. The van der Waals surface area contributed by atoms with Crippen LogP contribution in [-0.2, 0) is 11.3 Å². The monoisotopic (exact) mass is 356 g/mol. The first-order valence-corrected chi connectivity index (χ1v) is 8.61. The summed E-state index contributed by atoms with van der Waals surface area (Å²) in [5, 5.41) is 14.3. The summed E-state index contributed by atoms with van der Waals surface area (Å²) < 4.78 is 5.49. The van der Waals surface area contributed by atoms with E-state index in [9.17, 15) is 9.59 Å². The lowest BCUT2D eigenvalue weighted by Gasteiger charge is -2.08. The lowest BCUT2D eigenvalue weighted by atomic mass is 10.1. The zero-order valence-corrected chi connectivity index (χ0v) is 14.6. The Kier molecular flexibility index (Phi) is 8.15. The maximum absolute atomic E-state index is 11.9. The first-order valence-electron chi connectivity index (χ1n) is 8.61. The molecule has 26 heavy (non-hydrogen) atoms. The number of hydrogen-bond donors (Lipinski definition) is 3. The van der Waals surface area contributed by atoms with E-state index in [0.717, 1.165) is 11.3 Å². The molecule has 0 radical (unpaired) electrons. The van der Waals surface area contributed by atoms with Gasteiger partial charge in [0.2, 0.25) is 5.91 Å². The molecule has 6 nitrogen and oxygen atoms in total. The summed E-state index contributed by atoms with van der Waals surface area (Å²) in [6, 6.07) is 16.4. The predicted octanol–water partition coefficient (Wildman–Crippen LogP) is 1.88. The fourth-order valence-electron chi connectivity index (χ4n) is 2.22.